The fraction of sp³-hybridized carbons (Fsp3) is 0.400. The van der Waals surface area contributed by atoms with Crippen molar-refractivity contribution in [2.24, 2.45) is 0 Å². The molecule has 0 amide bonds. The Morgan fingerprint density at radius 3 is 2.85 bits per heavy atom. The number of hydrogen-bond donors (Lipinski definition) is 2. The van der Waals surface area contributed by atoms with Crippen LogP contribution in [0.4, 0.5) is 0 Å². The van der Waals surface area contributed by atoms with E-state index >= 15 is 0 Å². The lowest BCUT2D eigenvalue weighted by molar-refractivity contribution is -0.368. The Hall–Kier alpha value is -1.22. The summed E-state index contributed by atoms with van der Waals surface area (Å²) >= 11 is 0. The third-order valence-corrected chi connectivity index (χ3v) is 1.96. The first kappa shape index (κ1) is 9.86. The van der Waals surface area contributed by atoms with Crippen molar-refractivity contribution in [3.05, 3.63) is 23.8 Å². The SMILES string of the molecule is COc1cc(CCC[NH3+])ccc1O. The molecule has 0 aromatic heterocycles. The second kappa shape index (κ2) is 4.72. The predicted molar refractivity (Wildman–Crippen MR) is 50.7 cm³/mol. The number of rotatable bonds is 4. The molecule has 13 heavy (non-hydrogen) atoms. The highest BCUT2D eigenvalue weighted by atomic mass is 16.5. The van der Waals surface area contributed by atoms with Gasteiger partial charge in [-0.05, 0) is 24.1 Å². The van der Waals surface area contributed by atoms with Gasteiger partial charge in [0.2, 0.25) is 0 Å². The number of phenols is 1. The van der Waals surface area contributed by atoms with Gasteiger partial charge in [0, 0.05) is 6.42 Å². The van der Waals surface area contributed by atoms with Crippen molar-refractivity contribution < 1.29 is 15.6 Å². The highest BCUT2D eigenvalue weighted by Crippen LogP contribution is 2.26. The maximum Gasteiger partial charge on any atom is 0.160 e. The summed E-state index contributed by atoms with van der Waals surface area (Å²) < 4.78 is 5.00. The van der Waals surface area contributed by atoms with E-state index in [9.17, 15) is 5.11 Å². The summed E-state index contributed by atoms with van der Waals surface area (Å²) in [5.74, 6) is 0.738. The standard InChI is InChI=1S/C10H15NO2/c1-13-10-7-8(3-2-6-11)4-5-9(10)12/h4-5,7,12H,2-3,6,11H2,1H3/p+1. The van der Waals surface area contributed by atoms with Crippen molar-refractivity contribution in [2.75, 3.05) is 13.7 Å². The van der Waals surface area contributed by atoms with E-state index in [1.165, 1.54) is 5.56 Å². The van der Waals surface area contributed by atoms with Crippen LogP contribution in [0.2, 0.25) is 0 Å². The van der Waals surface area contributed by atoms with Crippen LogP contribution in [-0.2, 0) is 6.42 Å². The van der Waals surface area contributed by atoms with Crippen LogP contribution in [0.5, 0.6) is 11.5 Å². The fourth-order valence-electron chi connectivity index (χ4n) is 1.21. The molecule has 3 nitrogen and oxygen atoms in total. The molecule has 0 saturated heterocycles. The average molecular weight is 182 g/mol. The smallest absolute Gasteiger partial charge is 0.160 e. The molecule has 0 heterocycles. The number of hydrogen-bond acceptors (Lipinski definition) is 2. The van der Waals surface area contributed by atoms with E-state index in [1.807, 2.05) is 12.1 Å². The van der Waals surface area contributed by atoms with E-state index in [1.54, 1.807) is 13.2 Å². The van der Waals surface area contributed by atoms with Gasteiger partial charge in [0.15, 0.2) is 11.5 Å². The minimum Gasteiger partial charge on any atom is -0.504 e. The first-order valence-corrected chi connectivity index (χ1v) is 4.43. The summed E-state index contributed by atoms with van der Waals surface area (Å²) in [6.45, 7) is 0.934. The first-order chi connectivity index (χ1) is 6.27. The van der Waals surface area contributed by atoms with E-state index in [-0.39, 0.29) is 5.75 Å². The Kier molecular flexibility index (Phi) is 3.58. The molecule has 72 valence electrons. The first-order valence-electron chi connectivity index (χ1n) is 4.43. The lowest BCUT2D eigenvalue weighted by Crippen LogP contribution is -2.50. The summed E-state index contributed by atoms with van der Waals surface area (Å²) in [5, 5.41) is 9.32. The molecule has 1 aromatic rings. The number of aromatic hydroxyl groups is 1. The van der Waals surface area contributed by atoms with Gasteiger partial charge >= 0.3 is 0 Å². The highest BCUT2D eigenvalue weighted by Gasteiger charge is 2.01. The zero-order valence-electron chi connectivity index (χ0n) is 7.92. The summed E-state index contributed by atoms with van der Waals surface area (Å²) in [5.41, 5.74) is 4.96. The van der Waals surface area contributed by atoms with Crippen molar-refractivity contribution in [2.45, 2.75) is 12.8 Å². The molecule has 0 radical (unpaired) electrons. The topological polar surface area (TPSA) is 57.1 Å². The van der Waals surface area contributed by atoms with E-state index in [4.69, 9.17) is 4.74 Å². The lowest BCUT2D eigenvalue weighted by atomic mass is 10.1. The molecular weight excluding hydrogens is 166 g/mol. The van der Waals surface area contributed by atoms with Gasteiger partial charge in [-0.3, -0.25) is 0 Å². The maximum atomic E-state index is 9.32. The molecule has 0 unspecified atom stereocenters. The van der Waals surface area contributed by atoms with E-state index in [0.29, 0.717) is 5.75 Å². The summed E-state index contributed by atoms with van der Waals surface area (Å²) in [4.78, 5) is 0. The number of methoxy groups -OCH3 is 1. The maximum absolute atomic E-state index is 9.32. The van der Waals surface area contributed by atoms with Crippen LogP contribution in [0, 0.1) is 0 Å². The van der Waals surface area contributed by atoms with Crippen LogP contribution in [0.1, 0.15) is 12.0 Å². The number of aryl methyl sites for hydroxylation is 1. The van der Waals surface area contributed by atoms with Gasteiger partial charge < -0.3 is 15.6 Å². The Bertz CT molecular complexity index is 274. The van der Waals surface area contributed by atoms with Crippen molar-refractivity contribution in [1.82, 2.24) is 0 Å². The van der Waals surface area contributed by atoms with Crippen LogP contribution in [0.25, 0.3) is 0 Å². The van der Waals surface area contributed by atoms with Crippen LogP contribution in [0.3, 0.4) is 0 Å². The predicted octanol–water partition coefficient (Wildman–Crippen LogP) is 0.575. The highest BCUT2D eigenvalue weighted by molar-refractivity contribution is 5.41. The third-order valence-electron chi connectivity index (χ3n) is 1.96. The van der Waals surface area contributed by atoms with Crippen LogP contribution in [0.15, 0.2) is 18.2 Å². The Morgan fingerprint density at radius 2 is 2.23 bits per heavy atom. The number of benzene rings is 1. The quantitative estimate of drug-likeness (QED) is 0.715. The van der Waals surface area contributed by atoms with Crippen molar-refractivity contribution in [3.8, 4) is 11.5 Å². The monoisotopic (exact) mass is 182 g/mol. The molecule has 0 atom stereocenters. The van der Waals surface area contributed by atoms with E-state index < -0.39 is 0 Å². The molecule has 4 N–H and O–H groups in total. The molecule has 0 aliphatic carbocycles. The number of phenolic OH excluding ortho intramolecular Hbond substituents is 1. The van der Waals surface area contributed by atoms with Gasteiger partial charge in [-0.25, -0.2) is 0 Å². The molecule has 0 fully saturated rings. The number of ether oxygens (including phenoxy) is 1. The van der Waals surface area contributed by atoms with Gasteiger partial charge in [-0.1, -0.05) is 6.07 Å². The Balaban J connectivity index is 2.74. The van der Waals surface area contributed by atoms with Crippen LogP contribution in [-0.4, -0.2) is 18.8 Å². The lowest BCUT2D eigenvalue weighted by Gasteiger charge is -2.05. The van der Waals surface area contributed by atoms with Gasteiger partial charge in [-0.2, -0.15) is 0 Å². The zero-order chi connectivity index (χ0) is 9.68. The number of quaternary nitrogens is 1. The Labute approximate surface area is 78.1 Å². The van der Waals surface area contributed by atoms with Crippen LogP contribution < -0.4 is 10.5 Å². The second-order valence-corrected chi connectivity index (χ2v) is 2.96. The van der Waals surface area contributed by atoms with Gasteiger partial charge in [0.05, 0.1) is 13.7 Å². The zero-order valence-corrected chi connectivity index (χ0v) is 7.92. The summed E-state index contributed by atoms with van der Waals surface area (Å²) in [6.07, 6.45) is 2.05. The van der Waals surface area contributed by atoms with Gasteiger partial charge in [-0.15, -0.1) is 0 Å². The minimum absolute atomic E-state index is 0.195. The summed E-state index contributed by atoms with van der Waals surface area (Å²) in [6, 6.07) is 5.44. The van der Waals surface area contributed by atoms with Gasteiger partial charge in [0.25, 0.3) is 0 Å². The van der Waals surface area contributed by atoms with E-state index in [0.717, 1.165) is 19.4 Å². The van der Waals surface area contributed by atoms with Crippen molar-refractivity contribution in [1.29, 1.82) is 0 Å². The molecule has 0 aliphatic heterocycles. The molecule has 0 spiro atoms. The molecule has 0 bridgehead atoms. The normalized spacial score (nSPS) is 10.0. The van der Waals surface area contributed by atoms with Crippen molar-refractivity contribution in [3.63, 3.8) is 0 Å². The van der Waals surface area contributed by atoms with Crippen molar-refractivity contribution >= 4 is 0 Å². The van der Waals surface area contributed by atoms with E-state index in [2.05, 4.69) is 5.73 Å². The molecule has 1 rings (SSSR count). The molecule has 0 aliphatic rings. The second-order valence-electron chi connectivity index (χ2n) is 2.96. The van der Waals surface area contributed by atoms with Crippen LogP contribution >= 0.6 is 0 Å². The minimum atomic E-state index is 0.195. The average Bonchev–Trinajstić information content (AvgIpc) is 2.16. The third kappa shape index (κ3) is 2.63. The fourth-order valence-corrected chi connectivity index (χ4v) is 1.21. The molecule has 1 aromatic carbocycles. The van der Waals surface area contributed by atoms with Gasteiger partial charge in [0.1, 0.15) is 0 Å². The molecule has 3 heteroatoms. The Morgan fingerprint density at radius 1 is 1.46 bits per heavy atom. The summed E-state index contributed by atoms with van der Waals surface area (Å²) in [7, 11) is 1.56. The molecule has 0 saturated carbocycles. The largest absolute Gasteiger partial charge is 0.504 e. The molecular formula is C10H16NO2+.